The smallest absolute Gasteiger partial charge is 0.308 e. The molecule has 2 aromatic rings. The number of carbonyl (C=O) groups is 4. The van der Waals surface area contributed by atoms with E-state index in [1.54, 1.807) is 49.4 Å². The van der Waals surface area contributed by atoms with Gasteiger partial charge in [-0.3, -0.25) is 19.2 Å². The van der Waals surface area contributed by atoms with Gasteiger partial charge in [-0.1, -0.05) is 12.1 Å². The van der Waals surface area contributed by atoms with Crippen LogP contribution in [0.4, 0.5) is 11.4 Å². The minimum absolute atomic E-state index is 0.0486. The second-order valence-corrected chi connectivity index (χ2v) is 7.15. The van der Waals surface area contributed by atoms with Crippen LogP contribution in [0.5, 0.6) is 5.75 Å². The third kappa shape index (κ3) is 3.76. The van der Waals surface area contributed by atoms with Crippen molar-refractivity contribution in [2.24, 2.45) is 0 Å². The molecule has 0 radical (unpaired) electrons. The summed E-state index contributed by atoms with van der Waals surface area (Å²) in [6, 6.07) is 12.0. The number of ketones is 1. The molecule has 2 heterocycles. The molecule has 0 saturated carbocycles. The van der Waals surface area contributed by atoms with Gasteiger partial charge in [0.15, 0.2) is 19.0 Å². The van der Waals surface area contributed by atoms with Crippen LogP contribution in [0.15, 0.2) is 42.5 Å². The summed E-state index contributed by atoms with van der Waals surface area (Å²) in [6.45, 7) is 1.41. The number of anilines is 2. The van der Waals surface area contributed by atoms with Gasteiger partial charge >= 0.3 is 5.97 Å². The number of fused-ring (bicyclic) bond motifs is 2. The van der Waals surface area contributed by atoms with Crippen molar-refractivity contribution in [2.45, 2.75) is 19.3 Å². The summed E-state index contributed by atoms with van der Waals surface area (Å²) in [5.41, 5.74) is 2.42. The predicted octanol–water partition coefficient (Wildman–Crippen LogP) is 2.28. The normalized spacial score (nSPS) is 17.0. The largest absolute Gasteiger partial charge is 0.482 e. The molecule has 2 aromatic carbocycles. The quantitative estimate of drug-likeness (QED) is 0.581. The van der Waals surface area contributed by atoms with E-state index in [1.165, 1.54) is 4.90 Å². The first kappa shape index (κ1) is 19.6. The van der Waals surface area contributed by atoms with Gasteiger partial charge in [-0.25, -0.2) is 0 Å². The topological polar surface area (TPSA) is 102 Å². The highest BCUT2D eigenvalue weighted by molar-refractivity contribution is 6.05. The van der Waals surface area contributed by atoms with Crippen LogP contribution in [0, 0.1) is 0 Å². The standard InChI is InChI=1S/C22H20N2O6/c1-13-15-10-14(6-7-16(15)23-22(13)28)18(25)11-30-21(27)8-9-24-17-4-2-3-5-19(17)29-12-20(24)26/h2-7,10,13H,8-9,11-12H2,1H3,(H,23,28)/t13-/m0/s1. The average Bonchev–Trinajstić information content (AvgIpc) is 3.04. The maximum atomic E-state index is 12.4. The summed E-state index contributed by atoms with van der Waals surface area (Å²) in [5, 5.41) is 2.75. The monoisotopic (exact) mass is 408 g/mol. The molecule has 2 aliphatic rings. The highest BCUT2D eigenvalue weighted by Crippen LogP contribution is 2.33. The van der Waals surface area contributed by atoms with E-state index in [2.05, 4.69) is 5.32 Å². The number of rotatable bonds is 6. The van der Waals surface area contributed by atoms with Gasteiger partial charge in [0.25, 0.3) is 5.91 Å². The molecule has 0 unspecified atom stereocenters. The second kappa shape index (κ2) is 7.98. The van der Waals surface area contributed by atoms with E-state index in [-0.39, 0.29) is 43.1 Å². The van der Waals surface area contributed by atoms with Gasteiger partial charge in [0, 0.05) is 17.8 Å². The molecule has 8 heteroatoms. The van der Waals surface area contributed by atoms with Crippen molar-refractivity contribution in [1.82, 2.24) is 0 Å². The minimum Gasteiger partial charge on any atom is -0.482 e. The lowest BCUT2D eigenvalue weighted by molar-refractivity contribution is -0.142. The molecule has 30 heavy (non-hydrogen) atoms. The Balaban J connectivity index is 1.32. The van der Waals surface area contributed by atoms with Crippen LogP contribution >= 0.6 is 0 Å². The maximum absolute atomic E-state index is 12.4. The number of amides is 2. The summed E-state index contributed by atoms with van der Waals surface area (Å²) in [5.74, 6) is -1.03. The number of para-hydroxylation sites is 2. The van der Waals surface area contributed by atoms with Crippen LogP contribution in [-0.2, 0) is 19.1 Å². The van der Waals surface area contributed by atoms with E-state index >= 15 is 0 Å². The Morgan fingerprint density at radius 2 is 2.00 bits per heavy atom. The van der Waals surface area contributed by atoms with Gasteiger partial charge in [-0.15, -0.1) is 0 Å². The van der Waals surface area contributed by atoms with E-state index < -0.39 is 12.6 Å². The van der Waals surface area contributed by atoms with Gasteiger partial charge in [0.2, 0.25) is 5.91 Å². The Labute approximate surface area is 172 Å². The fourth-order valence-corrected chi connectivity index (χ4v) is 3.49. The van der Waals surface area contributed by atoms with E-state index in [0.717, 1.165) is 5.56 Å². The molecule has 0 aliphatic carbocycles. The molecule has 154 valence electrons. The van der Waals surface area contributed by atoms with E-state index in [1.807, 2.05) is 0 Å². The van der Waals surface area contributed by atoms with Crippen LogP contribution in [-0.4, -0.2) is 43.3 Å². The zero-order chi connectivity index (χ0) is 21.3. The van der Waals surface area contributed by atoms with E-state index in [4.69, 9.17) is 9.47 Å². The number of nitrogens with zero attached hydrogens (tertiary/aromatic N) is 1. The fourth-order valence-electron chi connectivity index (χ4n) is 3.49. The van der Waals surface area contributed by atoms with Crippen molar-refractivity contribution < 1.29 is 28.7 Å². The average molecular weight is 408 g/mol. The molecule has 2 aliphatic heterocycles. The van der Waals surface area contributed by atoms with Crippen molar-refractivity contribution in [3.63, 3.8) is 0 Å². The van der Waals surface area contributed by atoms with Crippen LogP contribution in [0.25, 0.3) is 0 Å². The van der Waals surface area contributed by atoms with E-state index in [0.29, 0.717) is 22.7 Å². The number of benzene rings is 2. The maximum Gasteiger partial charge on any atom is 0.308 e. The third-order valence-electron chi connectivity index (χ3n) is 5.20. The molecular weight excluding hydrogens is 388 g/mol. The lowest BCUT2D eigenvalue weighted by Crippen LogP contribution is -2.40. The second-order valence-electron chi connectivity index (χ2n) is 7.15. The Bertz CT molecular complexity index is 1050. The molecule has 8 nitrogen and oxygen atoms in total. The molecule has 1 N–H and O–H groups in total. The Morgan fingerprint density at radius 1 is 1.20 bits per heavy atom. The van der Waals surface area contributed by atoms with Gasteiger partial charge in [0.05, 0.1) is 18.0 Å². The summed E-state index contributed by atoms with van der Waals surface area (Å²) >= 11 is 0. The first-order chi connectivity index (χ1) is 14.4. The van der Waals surface area contributed by atoms with Crippen LogP contribution < -0.4 is 15.0 Å². The molecule has 4 rings (SSSR count). The molecular formula is C22H20N2O6. The van der Waals surface area contributed by atoms with Crippen molar-refractivity contribution in [1.29, 1.82) is 0 Å². The number of carbonyl (C=O) groups excluding carboxylic acids is 4. The zero-order valence-corrected chi connectivity index (χ0v) is 16.3. The Morgan fingerprint density at radius 3 is 2.83 bits per heavy atom. The SMILES string of the molecule is C[C@@H]1C(=O)Nc2ccc(C(=O)COC(=O)CCN3C(=O)COc4ccccc43)cc21. The molecule has 2 amide bonds. The van der Waals surface area contributed by atoms with Crippen molar-refractivity contribution in [2.75, 3.05) is 30.0 Å². The Kier molecular flexibility index (Phi) is 5.22. The van der Waals surface area contributed by atoms with Crippen LogP contribution in [0.3, 0.4) is 0 Å². The number of ether oxygens (including phenoxy) is 2. The summed E-state index contributed by atoms with van der Waals surface area (Å²) in [4.78, 5) is 49.9. The molecule has 0 saturated heterocycles. The van der Waals surface area contributed by atoms with Crippen LogP contribution in [0.1, 0.15) is 35.2 Å². The van der Waals surface area contributed by atoms with Gasteiger partial charge < -0.3 is 19.7 Å². The Hall–Kier alpha value is -3.68. The summed E-state index contributed by atoms with van der Waals surface area (Å²) < 4.78 is 10.5. The van der Waals surface area contributed by atoms with Crippen molar-refractivity contribution in [3.05, 3.63) is 53.6 Å². The highest BCUT2D eigenvalue weighted by atomic mass is 16.5. The van der Waals surface area contributed by atoms with Gasteiger partial charge in [-0.2, -0.15) is 0 Å². The highest BCUT2D eigenvalue weighted by Gasteiger charge is 2.28. The van der Waals surface area contributed by atoms with Gasteiger partial charge in [0.1, 0.15) is 5.75 Å². The number of hydrogen-bond acceptors (Lipinski definition) is 6. The lowest BCUT2D eigenvalue weighted by atomic mass is 9.99. The summed E-state index contributed by atoms with van der Waals surface area (Å²) in [7, 11) is 0. The zero-order valence-electron chi connectivity index (χ0n) is 16.3. The minimum atomic E-state index is -0.577. The molecule has 0 fully saturated rings. The molecule has 0 aromatic heterocycles. The fraction of sp³-hybridized carbons (Fsp3) is 0.273. The van der Waals surface area contributed by atoms with E-state index in [9.17, 15) is 19.2 Å². The molecule has 1 atom stereocenters. The number of nitrogens with one attached hydrogen (secondary N) is 1. The number of Topliss-reactive ketones (excluding diaryl/α,β-unsaturated/α-hetero) is 1. The first-order valence-electron chi connectivity index (χ1n) is 9.60. The number of hydrogen-bond donors (Lipinski definition) is 1. The van der Waals surface area contributed by atoms with Gasteiger partial charge in [-0.05, 0) is 42.8 Å². The van der Waals surface area contributed by atoms with Crippen molar-refractivity contribution in [3.8, 4) is 5.75 Å². The van der Waals surface area contributed by atoms with Crippen molar-refractivity contribution >= 4 is 34.9 Å². The number of esters is 1. The van der Waals surface area contributed by atoms with Crippen LogP contribution in [0.2, 0.25) is 0 Å². The molecule has 0 spiro atoms. The summed E-state index contributed by atoms with van der Waals surface area (Å²) in [6.07, 6.45) is -0.0486. The first-order valence-corrected chi connectivity index (χ1v) is 9.60. The lowest BCUT2D eigenvalue weighted by Gasteiger charge is -2.28. The molecule has 0 bridgehead atoms. The third-order valence-corrected chi connectivity index (χ3v) is 5.20. The predicted molar refractivity (Wildman–Crippen MR) is 108 cm³/mol.